The molecule has 1 saturated heterocycles. The van der Waals surface area contributed by atoms with E-state index < -0.39 is 23.5 Å². The van der Waals surface area contributed by atoms with Gasteiger partial charge in [0.05, 0.1) is 6.04 Å². The Morgan fingerprint density at radius 3 is 2.31 bits per heavy atom. The van der Waals surface area contributed by atoms with E-state index in [0.29, 0.717) is 0 Å². The van der Waals surface area contributed by atoms with Gasteiger partial charge < -0.3 is 15.0 Å². The Hall–Kier alpha value is -1.36. The van der Waals surface area contributed by atoms with E-state index in [1.54, 1.807) is 6.07 Å². The molecule has 1 heterocycles. The highest BCUT2D eigenvalue weighted by Gasteiger charge is 2.49. The van der Waals surface area contributed by atoms with Crippen molar-refractivity contribution in [1.82, 2.24) is 10.0 Å². The van der Waals surface area contributed by atoms with Crippen molar-refractivity contribution in [3.63, 3.8) is 0 Å². The van der Waals surface area contributed by atoms with Crippen LogP contribution >= 0.6 is 0 Å². The summed E-state index contributed by atoms with van der Waals surface area (Å²) < 4.78 is 61.0. The molecule has 0 aromatic heterocycles. The average Bonchev–Trinajstić information content (AvgIpc) is 2.86. The number of carbonyl (C=O) groups is 1. The van der Waals surface area contributed by atoms with Gasteiger partial charge in [-0.05, 0) is 76.4 Å². The zero-order chi connectivity index (χ0) is 22.0. The summed E-state index contributed by atoms with van der Waals surface area (Å²) in [6.07, 6.45) is -2.15. The summed E-state index contributed by atoms with van der Waals surface area (Å²) in [5, 5.41) is 10.5. The fraction of sp³-hybridized carbons (Fsp3) is 0.632. The first kappa shape index (κ1) is 23.9. The molecule has 5 nitrogen and oxygen atoms in total. The Morgan fingerprint density at radius 2 is 1.83 bits per heavy atom. The van der Waals surface area contributed by atoms with E-state index in [9.17, 15) is 22.1 Å². The van der Waals surface area contributed by atoms with Crippen LogP contribution in [0, 0.1) is 11.2 Å². The third-order valence-corrected chi connectivity index (χ3v) is 6.76. The van der Waals surface area contributed by atoms with Crippen LogP contribution < -0.4 is 10.0 Å². The molecule has 0 bridgehead atoms. The molecule has 1 aliphatic heterocycles. The maximum absolute atomic E-state index is 13.6. The van der Waals surface area contributed by atoms with Gasteiger partial charge in [0.25, 0.3) is 0 Å². The molecule has 3 N–H and O–H groups in total. The summed E-state index contributed by atoms with van der Waals surface area (Å²) in [6, 6.07) is 5.10. The first-order valence-electron chi connectivity index (χ1n) is 9.23. The van der Waals surface area contributed by atoms with Crippen LogP contribution in [-0.4, -0.2) is 39.6 Å². The van der Waals surface area contributed by atoms with E-state index in [4.69, 9.17) is 9.90 Å². The van der Waals surface area contributed by atoms with Crippen LogP contribution in [0.3, 0.4) is 0 Å². The van der Waals surface area contributed by atoms with Crippen molar-refractivity contribution in [2.24, 2.45) is 5.41 Å². The SMILES string of the molecule is CC(C)(C)[S@+]([O-])N[C@@H]1c2ccc(F)cc2CC12CCNCC2.O=C(O)C(F)(F)F. The summed E-state index contributed by atoms with van der Waals surface area (Å²) in [5.41, 5.74) is 2.26. The van der Waals surface area contributed by atoms with Crippen LogP contribution in [0.5, 0.6) is 0 Å². The molecule has 10 heteroatoms. The number of rotatable bonds is 2. The van der Waals surface area contributed by atoms with E-state index in [0.717, 1.165) is 43.5 Å². The lowest BCUT2D eigenvalue weighted by atomic mass is 9.73. The molecule has 1 aromatic rings. The van der Waals surface area contributed by atoms with Gasteiger partial charge in [-0.1, -0.05) is 6.07 Å². The van der Waals surface area contributed by atoms with Gasteiger partial charge in [0.1, 0.15) is 10.6 Å². The van der Waals surface area contributed by atoms with Crippen molar-refractivity contribution in [3.8, 4) is 0 Å². The van der Waals surface area contributed by atoms with Crippen molar-refractivity contribution in [2.75, 3.05) is 13.1 Å². The molecule has 1 aromatic carbocycles. The molecule has 2 aliphatic rings. The van der Waals surface area contributed by atoms with Crippen LogP contribution in [-0.2, 0) is 22.6 Å². The number of carboxylic acids is 1. The molecule has 0 saturated carbocycles. The minimum absolute atomic E-state index is 0.0465. The van der Waals surface area contributed by atoms with Gasteiger partial charge in [-0.15, -0.1) is 4.72 Å². The van der Waals surface area contributed by atoms with Gasteiger partial charge in [0, 0.05) is 16.8 Å². The van der Waals surface area contributed by atoms with E-state index in [1.165, 1.54) is 6.07 Å². The van der Waals surface area contributed by atoms with Crippen LogP contribution in [0.2, 0.25) is 0 Å². The zero-order valence-corrected chi connectivity index (χ0v) is 17.3. The number of carboxylic acid groups (broad SMARTS) is 1. The number of aliphatic carboxylic acids is 1. The van der Waals surface area contributed by atoms with E-state index in [2.05, 4.69) is 10.0 Å². The second-order valence-corrected chi connectivity index (χ2v) is 10.4. The fourth-order valence-corrected chi connectivity index (χ4v) is 4.63. The fourth-order valence-electron chi connectivity index (χ4n) is 3.68. The molecule has 1 aliphatic carbocycles. The molecular formula is C19H26F4N2O3S. The predicted molar refractivity (Wildman–Crippen MR) is 102 cm³/mol. The summed E-state index contributed by atoms with van der Waals surface area (Å²) in [6.45, 7) is 7.87. The number of hydrogen-bond acceptors (Lipinski definition) is 4. The zero-order valence-electron chi connectivity index (χ0n) is 16.5. The molecule has 164 valence electrons. The molecule has 1 spiro atoms. The number of fused-ring (bicyclic) bond motifs is 1. The predicted octanol–water partition coefficient (Wildman–Crippen LogP) is 3.48. The summed E-state index contributed by atoms with van der Waals surface area (Å²) in [5.74, 6) is -2.94. The molecule has 0 amide bonds. The van der Waals surface area contributed by atoms with Crippen molar-refractivity contribution >= 4 is 17.3 Å². The summed E-state index contributed by atoms with van der Waals surface area (Å²) in [4.78, 5) is 8.90. The Morgan fingerprint density at radius 1 is 1.28 bits per heavy atom. The number of nitrogens with one attached hydrogen (secondary N) is 2. The monoisotopic (exact) mass is 438 g/mol. The molecule has 1 fully saturated rings. The topological polar surface area (TPSA) is 84.4 Å². The number of benzene rings is 1. The maximum Gasteiger partial charge on any atom is 0.490 e. The number of alkyl halides is 3. The quantitative estimate of drug-likeness (QED) is 0.486. The van der Waals surface area contributed by atoms with E-state index in [-0.39, 0.29) is 22.0 Å². The van der Waals surface area contributed by atoms with Gasteiger partial charge in [-0.2, -0.15) is 13.2 Å². The second kappa shape index (κ2) is 8.79. The van der Waals surface area contributed by atoms with Gasteiger partial charge in [0.15, 0.2) is 0 Å². The smallest absolute Gasteiger partial charge is 0.490 e. The Kier molecular flexibility index (Phi) is 7.25. The molecule has 0 unspecified atom stereocenters. The summed E-state index contributed by atoms with van der Waals surface area (Å²) >= 11 is -1.13. The Balaban J connectivity index is 0.000000370. The lowest BCUT2D eigenvalue weighted by molar-refractivity contribution is -0.192. The van der Waals surface area contributed by atoms with Crippen LogP contribution in [0.4, 0.5) is 17.6 Å². The van der Waals surface area contributed by atoms with E-state index in [1.807, 2.05) is 26.8 Å². The third-order valence-electron chi connectivity index (χ3n) is 5.19. The molecular weight excluding hydrogens is 412 g/mol. The van der Waals surface area contributed by atoms with Crippen LogP contribution in [0.1, 0.15) is 50.8 Å². The van der Waals surface area contributed by atoms with Gasteiger partial charge in [-0.3, -0.25) is 0 Å². The highest BCUT2D eigenvalue weighted by Crippen LogP contribution is 2.51. The van der Waals surface area contributed by atoms with Gasteiger partial charge >= 0.3 is 12.1 Å². The number of halogens is 4. The maximum atomic E-state index is 13.6. The van der Waals surface area contributed by atoms with Gasteiger partial charge in [-0.25, -0.2) is 9.18 Å². The Labute approximate surface area is 170 Å². The van der Waals surface area contributed by atoms with E-state index >= 15 is 0 Å². The molecule has 29 heavy (non-hydrogen) atoms. The normalized spacial score (nSPS) is 21.9. The van der Waals surface area contributed by atoms with Crippen LogP contribution in [0.25, 0.3) is 0 Å². The van der Waals surface area contributed by atoms with Gasteiger partial charge in [0.2, 0.25) is 0 Å². The van der Waals surface area contributed by atoms with Crippen molar-refractivity contribution in [3.05, 3.63) is 35.1 Å². The van der Waals surface area contributed by atoms with Crippen LogP contribution in [0.15, 0.2) is 18.2 Å². The lowest BCUT2D eigenvalue weighted by Crippen LogP contribution is -2.48. The Bertz CT molecular complexity index is 731. The first-order chi connectivity index (χ1) is 13.3. The molecule has 0 radical (unpaired) electrons. The lowest BCUT2D eigenvalue weighted by Gasteiger charge is -2.40. The largest absolute Gasteiger partial charge is 0.598 e. The minimum atomic E-state index is -5.08. The average molecular weight is 438 g/mol. The number of piperidine rings is 1. The van der Waals surface area contributed by atoms with Crippen molar-refractivity contribution in [1.29, 1.82) is 0 Å². The summed E-state index contributed by atoms with van der Waals surface area (Å²) in [7, 11) is 0. The molecule has 3 rings (SSSR count). The minimum Gasteiger partial charge on any atom is -0.598 e. The second-order valence-electron chi connectivity index (χ2n) is 8.37. The highest BCUT2D eigenvalue weighted by atomic mass is 32.2. The third kappa shape index (κ3) is 5.84. The molecule has 2 atom stereocenters. The first-order valence-corrected chi connectivity index (χ1v) is 10.4. The standard InChI is InChI=1S/C17H25FN2OS.C2HF3O2/c1-16(2,3)22(21)20-15-14-5-4-13(18)10-12(14)11-17(15)6-8-19-9-7-17;3-2(4,5)1(6)7/h4-5,10,15,19-20H,6-9,11H2,1-3H3;(H,6,7)/t15-,22+;/m1./s1. The highest BCUT2D eigenvalue weighted by molar-refractivity contribution is 7.90. The van der Waals surface area contributed by atoms with Crippen molar-refractivity contribution < 1.29 is 32.0 Å². The number of hydrogen-bond donors (Lipinski definition) is 3. The van der Waals surface area contributed by atoms with Crippen molar-refractivity contribution in [2.45, 2.75) is 57.0 Å².